The van der Waals surface area contributed by atoms with E-state index < -0.39 is 15.0 Å². The molecule has 0 aliphatic carbocycles. The zero-order chi connectivity index (χ0) is 9.19. The number of halogens is 3. The van der Waals surface area contributed by atoms with Gasteiger partial charge < -0.3 is 0 Å². The molecule has 5 heteroatoms. The quantitative estimate of drug-likeness (QED) is 0.757. The summed E-state index contributed by atoms with van der Waals surface area (Å²) in [5, 5.41) is 0. The minimum absolute atomic E-state index is 0.732. The molecule has 1 nitrogen and oxygen atoms in total. The molecule has 0 aliphatic heterocycles. The van der Waals surface area contributed by atoms with E-state index in [2.05, 4.69) is 0 Å². The van der Waals surface area contributed by atoms with Crippen LogP contribution >= 0.6 is 26.8 Å². The van der Waals surface area contributed by atoms with Crippen LogP contribution in [0, 0.1) is 0 Å². The van der Waals surface area contributed by atoms with E-state index in [0.717, 1.165) is 9.33 Å². The Morgan fingerprint density at radius 1 is 1.25 bits per heavy atom. The van der Waals surface area contributed by atoms with E-state index in [4.69, 9.17) is 31.5 Å². The van der Waals surface area contributed by atoms with Crippen molar-refractivity contribution in [1.29, 1.82) is 0 Å². The van der Waals surface area contributed by atoms with E-state index in [1.165, 1.54) is 0 Å². The molecule has 0 aromatic heterocycles. The summed E-state index contributed by atoms with van der Waals surface area (Å²) in [6, 6.07) is 7.26. The van der Waals surface area contributed by atoms with E-state index >= 15 is 0 Å². The molecular formula is C7H7Cl3OSn. The van der Waals surface area contributed by atoms with Crippen molar-refractivity contribution in [2.75, 3.05) is 7.11 Å². The average Bonchev–Trinajstić information content (AvgIpc) is 2.03. The molecule has 0 radical (unpaired) electrons. The van der Waals surface area contributed by atoms with Gasteiger partial charge >= 0.3 is 87.2 Å². The summed E-state index contributed by atoms with van der Waals surface area (Å²) in [7, 11) is 19.2. The molecule has 0 bridgehead atoms. The van der Waals surface area contributed by atoms with E-state index in [1.807, 2.05) is 18.2 Å². The third kappa shape index (κ3) is 2.87. The van der Waals surface area contributed by atoms with Gasteiger partial charge in [-0.25, -0.2) is 0 Å². The molecule has 0 fully saturated rings. The van der Waals surface area contributed by atoms with Crippen LogP contribution in [-0.4, -0.2) is 22.1 Å². The monoisotopic (exact) mass is 332 g/mol. The maximum absolute atomic E-state index is 5.87. The zero-order valence-electron chi connectivity index (χ0n) is 6.35. The van der Waals surface area contributed by atoms with Crippen molar-refractivity contribution >= 4 is 45.3 Å². The Morgan fingerprint density at radius 3 is 2.42 bits per heavy atom. The van der Waals surface area contributed by atoms with Crippen molar-refractivity contribution in [3.05, 3.63) is 24.3 Å². The summed E-state index contributed by atoms with van der Waals surface area (Å²) >= 11 is -3.44. The van der Waals surface area contributed by atoms with Crippen molar-refractivity contribution in [1.82, 2.24) is 0 Å². The van der Waals surface area contributed by atoms with Gasteiger partial charge in [-0.3, -0.25) is 0 Å². The first kappa shape index (κ1) is 10.8. The molecule has 66 valence electrons. The van der Waals surface area contributed by atoms with Gasteiger partial charge in [0.1, 0.15) is 0 Å². The Bertz CT molecular complexity index is 272. The molecule has 0 spiro atoms. The molecule has 12 heavy (non-hydrogen) atoms. The van der Waals surface area contributed by atoms with Crippen molar-refractivity contribution in [3.8, 4) is 5.75 Å². The van der Waals surface area contributed by atoms with Gasteiger partial charge in [-0.2, -0.15) is 0 Å². The van der Waals surface area contributed by atoms with Gasteiger partial charge in [0.15, 0.2) is 0 Å². The number of benzene rings is 1. The maximum atomic E-state index is 5.87. The molecule has 0 amide bonds. The van der Waals surface area contributed by atoms with Gasteiger partial charge in [-0.1, -0.05) is 0 Å². The molecular weight excluding hydrogens is 325 g/mol. The fraction of sp³-hybridized carbons (Fsp3) is 0.143. The summed E-state index contributed by atoms with van der Waals surface area (Å²) in [6.07, 6.45) is 0. The third-order valence-corrected chi connectivity index (χ3v) is 8.54. The van der Waals surface area contributed by atoms with Crippen LogP contribution in [0.4, 0.5) is 0 Å². The Labute approximate surface area is 86.6 Å². The van der Waals surface area contributed by atoms with Crippen LogP contribution in [0.2, 0.25) is 0 Å². The second kappa shape index (κ2) is 4.27. The predicted octanol–water partition coefficient (Wildman–Crippen LogP) is 2.56. The van der Waals surface area contributed by atoms with Crippen molar-refractivity contribution in [2.24, 2.45) is 0 Å². The zero-order valence-corrected chi connectivity index (χ0v) is 11.5. The van der Waals surface area contributed by atoms with E-state index in [1.54, 1.807) is 13.2 Å². The van der Waals surface area contributed by atoms with Crippen LogP contribution in [-0.2, 0) is 0 Å². The Hall–Kier alpha value is 0.689. The van der Waals surface area contributed by atoms with Gasteiger partial charge in [0.05, 0.1) is 0 Å². The first-order valence-electron chi connectivity index (χ1n) is 3.25. The standard InChI is InChI=1S/C7H7O.3ClH.Sn/c1-8-7-5-3-2-4-6-7;;;;/h2-3,5-6H,1H3;3*1H;/q;;;;+3/p-3. The molecule has 1 aromatic carbocycles. The average molecular weight is 332 g/mol. The van der Waals surface area contributed by atoms with Crippen molar-refractivity contribution in [2.45, 2.75) is 0 Å². The first-order valence-corrected chi connectivity index (χ1v) is 15.5. The van der Waals surface area contributed by atoms with E-state index in [0.29, 0.717) is 0 Å². The third-order valence-electron chi connectivity index (χ3n) is 1.40. The molecule has 1 rings (SSSR count). The van der Waals surface area contributed by atoms with Gasteiger partial charge in [0, 0.05) is 0 Å². The van der Waals surface area contributed by atoms with Crippen LogP contribution in [0.15, 0.2) is 24.3 Å². The fourth-order valence-electron chi connectivity index (χ4n) is 0.799. The van der Waals surface area contributed by atoms with Crippen molar-refractivity contribution in [3.63, 3.8) is 0 Å². The van der Waals surface area contributed by atoms with Gasteiger partial charge in [-0.15, -0.1) is 0 Å². The minimum atomic E-state index is -3.44. The summed E-state index contributed by atoms with van der Waals surface area (Å²) < 4.78 is 5.82. The number of methoxy groups -OCH3 is 1. The fourth-order valence-corrected chi connectivity index (χ4v) is 4.85. The first-order chi connectivity index (χ1) is 5.54. The van der Waals surface area contributed by atoms with E-state index in [-0.39, 0.29) is 0 Å². The Balaban J connectivity index is 3.02. The molecule has 0 N–H and O–H groups in total. The molecule has 0 unspecified atom stereocenters. The number of rotatable bonds is 2. The normalized spacial score (nSPS) is 11.3. The number of hydrogen-bond donors (Lipinski definition) is 0. The van der Waals surface area contributed by atoms with Crippen LogP contribution in [0.3, 0.4) is 0 Å². The second-order valence-corrected chi connectivity index (χ2v) is 22.0. The second-order valence-electron chi connectivity index (χ2n) is 2.23. The predicted molar refractivity (Wildman–Crippen MR) is 55.9 cm³/mol. The van der Waals surface area contributed by atoms with Gasteiger partial charge in [-0.05, 0) is 0 Å². The molecule has 0 heterocycles. The topological polar surface area (TPSA) is 9.23 Å². The van der Waals surface area contributed by atoms with Crippen LogP contribution in [0.25, 0.3) is 0 Å². The molecule has 0 aliphatic rings. The van der Waals surface area contributed by atoms with Crippen molar-refractivity contribution < 1.29 is 4.74 Å². The Morgan fingerprint density at radius 2 is 1.92 bits per heavy atom. The van der Waals surface area contributed by atoms with Crippen LogP contribution in [0.5, 0.6) is 5.75 Å². The summed E-state index contributed by atoms with van der Waals surface area (Å²) in [5.41, 5.74) is 0. The van der Waals surface area contributed by atoms with Gasteiger partial charge in [0.25, 0.3) is 0 Å². The number of ether oxygens (including phenoxy) is 1. The Kier molecular flexibility index (Phi) is 3.83. The molecule has 0 saturated carbocycles. The SMILES string of the molecule is COc1ccc[c]([Sn]([Cl])([Cl])[Cl])c1. The summed E-state index contributed by atoms with van der Waals surface area (Å²) in [5.74, 6) is 0.732. The van der Waals surface area contributed by atoms with E-state index in [9.17, 15) is 0 Å². The number of hydrogen-bond acceptors (Lipinski definition) is 1. The molecule has 1 aromatic rings. The van der Waals surface area contributed by atoms with Crippen LogP contribution < -0.4 is 8.32 Å². The summed E-state index contributed by atoms with van der Waals surface area (Å²) in [6.45, 7) is 0. The summed E-state index contributed by atoms with van der Waals surface area (Å²) in [4.78, 5) is 0. The molecule has 0 atom stereocenters. The van der Waals surface area contributed by atoms with Crippen LogP contribution in [0.1, 0.15) is 0 Å². The van der Waals surface area contributed by atoms with Gasteiger partial charge in [0.2, 0.25) is 0 Å². The molecule has 0 saturated heterocycles.